The molecule has 0 unspecified atom stereocenters. The summed E-state index contributed by atoms with van der Waals surface area (Å²) in [6.45, 7) is 0.663. The highest BCUT2D eigenvalue weighted by Crippen LogP contribution is 2.26. The largest absolute Gasteiger partial charge is 0.460 e. The van der Waals surface area contributed by atoms with Gasteiger partial charge in [-0.3, -0.25) is 0 Å². The molecule has 1 N–H and O–H groups in total. The molecule has 96 valence electrons. The van der Waals surface area contributed by atoms with Crippen LogP contribution in [0.4, 0.5) is 5.13 Å². The van der Waals surface area contributed by atoms with E-state index in [1.165, 1.54) is 11.3 Å². The Hall–Kier alpha value is -1.66. The van der Waals surface area contributed by atoms with Crippen LogP contribution in [0.25, 0.3) is 10.2 Å². The zero-order valence-electron chi connectivity index (χ0n) is 10.2. The van der Waals surface area contributed by atoms with Gasteiger partial charge < -0.3 is 14.8 Å². The number of esters is 1. The smallest absolute Gasteiger partial charge is 0.338 e. The molecular weight excluding hydrogens is 252 g/mol. The maximum Gasteiger partial charge on any atom is 0.338 e. The first-order valence-electron chi connectivity index (χ1n) is 5.49. The molecule has 0 saturated carbocycles. The average Bonchev–Trinajstić information content (AvgIpc) is 2.80. The molecule has 0 aliphatic rings. The van der Waals surface area contributed by atoms with Crippen molar-refractivity contribution < 1.29 is 14.3 Å². The van der Waals surface area contributed by atoms with E-state index in [1.807, 2.05) is 13.1 Å². The summed E-state index contributed by atoms with van der Waals surface area (Å²) in [5.41, 5.74) is 1.41. The minimum Gasteiger partial charge on any atom is -0.460 e. The fraction of sp³-hybridized carbons (Fsp3) is 0.333. The monoisotopic (exact) mass is 266 g/mol. The Bertz CT molecular complexity index is 553. The van der Waals surface area contributed by atoms with Gasteiger partial charge >= 0.3 is 5.97 Å². The predicted octanol–water partition coefficient (Wildman–Crippen LogP) is 2.14. The van der Waals surface area contributed by atoms with Gasteiger partial charge in [0, 0.05) is 14.2 Å². The van der Waals surface area contributed by atoms with E-state index in [1.54, 1.807) is 19.2 Å². The molecule has 1 aromatic carbocycles. The van der Waals surface area contributed by atoms with E-state index in [0.717, 1.165) is 15.3 Å². The summed E-state index contributed by atoms with van der Waals surface area (Å²) < 4.78 is 10.8. The number of rotatable bonds is 5. The van der Waals surface area contributed by atoms with E-state index in [4.69, 9.17) is 9.47 Å². The summed E-state index contributed by atoms with van der Waals surface area (Å²) in [6, 6.07) is 5.33. The number of benzene rings is 1. The normalized spacial score (nSPS) is 10.6. The van der Waals surface area contributed by atoms with Gasteiger partial charge in [-0.05, 0) is 18.2 Å². The molecular formula is C12H14N2O3S. The van der Waals surface area contributed by atoms with Crippen molar-refractivity contribution in [2.45, 2.75) is 0 Å². The van der Waals surface area contributed by atoms with Crippen LogP contribution in [0.5, 0.6) is 0 Å². The second kappa shape index (κ2) is 5.79. The van der Waals surface area contributed by atoms with Crippen molar-refractivity contribution >= 4 is 32.7 Å². The van der Waals surface area contributed by atoms with E-state index in [-0.39, 0.29) is 12.6 Å². The summed E-state index contributed by atoms with van der Waals surface area (Å²) in [6.07, 6.45) is 0. The summed E-state index contributed by atoms with van der Waals surface area (Å²) in [5, 5.41) is 3.81. The SMILES string of the molecule is CNc1nc2ccc(C(=O)OCCOC)cc2s1. The van der Waals surface area contributed by atoms with E-state index in [0.29, 0.717) is 12.2 Å². The zero-order valence-corrected chi connectivity index (χ0v) is 11.0. The first kappa shape index (κ1) is 12.8. The quantitative estimate of drug-likeness (QED) is 0.663. The van der Waals surface area contributed by atoms with Gasteiger partial charge in [0.15, 0.2) is 5.13 Å². The second-order valence-electron chi connectivity index (χ2n) is 3.58. The van der Waals surface area contributed by atoms with Gasteiger partial charge in [-0.15, -0.1) is 0 Å². The molecule has 0 aliphatic carbocycles. The number of nitrogens with zero attached hydrogens (tertiary/aromatic N) is 1. The molecule has 0 amide bonds. The van der Waals surface area contributed by atoms with Crippen molar-refractivity contribution in [3.8, 4) is 0 Å². The van der Waals surface area contributed by atoms with Gasteiger partial charge in [0.1, 0.15) is 6.61 Å². The van der Waals surface area contributed by atoms with Crippen LogP contribution >= 0.6 is 11.3 Å². The Morgan fingerprint density at radius 3 is 3.00 bits per heavy atom. The molecule has 1 heterocycles. The van der Waals surface area contributed by atoms with Crippen molar-refractivity contribution in [3.05, 3.63) is 23.8 Å². The summed E-state index contributed by atoms with van der Waals surface area (Å²) in [7, 11) is 3.38. The van der Waals surface area contributed by atoms with E-state index < -0.39 is 0 Å². The van der Waals surface area contributed by atoms with Crippen LogP contribution in [-0.4, -0.2) is 38.3 Å². The fourth-order valence-electron chi connectivity index (χ4n) is 1.46. The number of nitrogens with one attached hydrogen (secondary N) is 1. The Morgan fingerprint density at radius 2 is 2.28 bits per heavy atom. The molecule has 2 rings (SSSR count). The van der Waals surface area contributed by atoms with Crippen LogP contribution in [0, 0.1) is 0 Å². The Balaban J connectivity index is 2.15. The number of hydrogen-bond donors (Lipinski definition) is 1. The Morgan fingerprint density at radius 1 is 1.44 bits per heavy atom. The molecule has 0 fully saturated rings. The molecule has 1 aromatic heterocycles. The van der Waals surface area contributed by atoms with E-state index >= 15 is 0 Å². The van der Waals surface area contributed by atoms with Crippen LogP contribution in [0.2, 0.25) is 0 Å². The highest BCUT2D eigenvalue weighted by Gasteiger charge is 2.10. The molecule has 5 nitrogen and oxygen atoms in total. The summed E-state index contributed by atoms with van der Waals surface area (Å²) in [5.74, 6) is -0.339. The van der Waals surface area contributed by atoms with Gasteiger partial charge in [0.05, 0.1) is 22.4 Å². The van der Waals surface area contributed by atoms with Crippen molar-refractivity contribution in [2.75, 3.05) is 32.7 Å². The Kier molecular flexibility index (Phi) is 4.11. The number of hydrogen-bond acceptors (Lipinski definition) is 6. The lowest BCUT2D eigenvalue weighted by atomic mass is 10.2. The van der Waals surface area contributed by atoms with Gasteiger partial charge in [-0.1, -0.05) is 11.3 Å². The summed E-state index contributed by atoms with van der Waals surface area (Å²) >= 11 is 1.50. The lowest BCUT2D eigenvalue weighted by molar-refractivity contribution is 0.0388. The molecule has 0 saturated heterocycles. The number of aromatic nitrogens is 1. The van der Waals surface area contributed by atoms with Crippen LogP contribution in [0.3, 0.4) is 0 Å². The van der Waals surface area contributed by atoms with E-state index in [9.17, 15) is 4.79 Å². The number of carbonyl (C=O) groups is 1. The van der Waals surface area contributed by atoms with Gasteiger partial charge in [0.2, 0.25) is 0 Å². The van der Waals surface area contributed by atoms with Crippen LogP contribution < -0.4 is 5.32 Å². The third kappa shape index (κ3) is 2.77. The maximum atomic E-state index is 11.7. The minimum atomic E-state index is -0.339. The topological polar surface area (TPSA) is 60.5 Å². The van der Waals surface area contributed by atoms with Crippen molar-refractivity contribution in [2.24, 2.45) is 0 Å². The number of anilines is 1. The first-order chi connectivity index (χ1) is 8.74. The standard InChI is InChI=1S/C12H14N2O3S/c1-13-12-14-9-4-3-8(7-10(9)18-12)11(15)17-6-5-16-2/h3-4,7H,5-6H2,1-2H3,(H,13,14). The molecule has 0 atom stereocenters. The lowest BCUT2D eigenvalue weighted by Gasteiger charge is -2.03. The first-order valence-corrected chi connectivity index (χ1v) is 6.30. The highest BCUT2D eigenvalue weighted by molar-refractivity contribution is 7.22. The van der Waals surface area contributed by atoms with Gasteiger partial charge in [-0.2, -0.15) is 0 Å². The number of methoxy groups -OCH3 is 1. The average molecular weight is 266 g/mol. The summed E-state index contributed by atoms with van der Waals surface area (Å²) in [4.78, 5) is 16.1. The lowest BCUT2D eigenvalue weighted by Crippen LogP contribution is -2.09. The number of fused-ring (bicyclic) bond motifs is 1. The molecule has 18 heavy (non-hydrogen) atoms. The van der Waals surface area contributed by atoms with Crippen molar-refractivity contribution in [3.63, 3.8) is 0 Å². The van der Waals surface area contributed by atoms with Crippen LogP contribution in [0.1, 0.15) is 10.4 Å². The zero-order chi connectivity index (χ0) is 13.0. The molecule has 2 aromatic rings. The van der Waals surface area contributed by atoms with Crippen LogP contribution in [-0.2, 0) is 9.47 Å². The van der Waals surface area contributed by atoms with E-state index in [2.05, 4.69) is 10.3 Å². The fourth-order valence-corrected chi connectivity index (χ4v) is 2.32. The van der Waals surface area contributed by atoms with Gasteiger partial charge in [0.25, 0.3) is 0 Å². The van der Waals surface area contributed by atoms with Crippen LogP contribution in [0.15, 0.2) is 18.2 Å². The van der Waals surface area contributed by atoms with Crippen molar-refractivity contribution in [1.82, 2.24) is 4.98 Å². The number of thiazole rings is 1. The second-order valence-corrected chi connectivity index (χ2v) is 4.61. The number of ether oxygens (including phenoxy) is 2. The number of carbonyl (C=O) groups excluding carboxylic acids is 1. The molecule has 0 radical (unpaired) electrons. The maximum absolute atomic E-state index is 11.7. The third-order valence-electron chi connectivity index (χ3n) is 2.36. The highest BCUT2D eigenvalue weighted by atomic mass is 32.1. The van der Waals surface area contributed by atoms with Crippen molar-refractivity contribution in [1.29, 1.82) is 0 Å². The van der Waals surface area contributed by atoms with Gasteiger partial charge in [-0.25, -0.2) is 9.78 Å². The molecule has 0 aliphatic heterocycles. The molecule has 0 bridgehead atoms. The Labute approximate surface area is 109 Å². The minimum absolute atomic E-state index is 0.262. The predicted molar refractivity (Wildman–Crippen MR) is 71.3 cm³/mol. The third-order valence-corrected chi connectivity index (χ3v) is 3.39. The molecule has 6 heteroatoms. The molecule has 0 spiro atoms.